The Labute approximate surface area is 136 Å². The number of halogens is 3. The summed E-state index contributed by atoms with van der Waals surface area (Å²) in [6.45, 7) is 1.31. The molecule has 0 unspecified atom stereocenters. The van der Waals surface area contributed by atoms with Crippen LogP contribution in [0.2, 0.25) is 5.02 Å². The maximum Gasteiger partial charge on any atom is 0.262 e. The lowest BCUT2D eigenvalue weighted by molar-refractivity contribution is -0.114. The van der Waals surface area contributed by atoms with Crippen LogP contribution < -0.4 is 10.0 Å². The van der Waals surface area contributed by atoms with Gasteiger partial charge in [-0.2, -0.15) is 0 Å². The molecule has 0 radical (unpaired) electrons. The summed E-state index contributed by atoms with van der Waals surface area (Å²) in [6, 6.07) is 6.34. The highest BCUT2D eigenvalue weighted by Crippen LogP contribution is 2.28. The Hall–Kier alpha value is -2.19. The van der Waals surface area contributed by atoms with Crippen molar-refractivity contribution in [1.29, 1.82) is 0 Å². The number of nitrogens with one attached hydrogen (secondary N) is 2. The van der Waals surface area contributed by atoms with Gasteiger partial charge in [-0.3, -0.25) is 9.52 Å². The molecule has 0 bridgehead atoms. The van der Waals surface area contributed by atoms with Gasteiger partial charge in [0, 0.05) is 12.6 Å². The van der Waals surface area contributed by atoms with Crippen molar-refractivity contribution >= 4 is 38.9 Å². The molecule has 1 amide bonds. The van der Waals surface area contributed by atoms with Crippen molar-refractivity contribution in [2.75, 3.05) is 10.0 Å². The molecule has 0 saturated carbocycles. The predicted molar refractivity (Wildman–Crippen MR) is 82.9 cm³/mol. The van der Waals surface area contributed by atoms with E-state index in [1.165, 1.54) is 25.1 Å². The van der Waals surface area contributed by atoms with Crippen LogP contribution in [0.4, 0.5) is 20.2 Å². The Kier molecular flexibility index (Phi) is 4.86. The average molecular weight is 361 g/mol. The molecule has 2 rings (SSSR count). The van der Waals surface area contributed by atoms with E-state index < -0.39 is 26.6 Å². The summed E-state index contributed by atoms with van der Waals surface area (Å²) >= 11 is 5.95. The topological polar surface area (TPSA) is 75.3 Å². The second-order valence-corrected chi connectivity index (χ2v) is 6.65. The van der Waals surface area contributed by atoms with Crippen LogP contribution in [0.25, 0.3) is 0 Å². The number of amides is 1. The van der Waals surface area contributed by atoms with Gasteiger partial charge in [0.15, 0.2) is 11.6 Å². The van der Waals surface area contributed by atoms with Crippen LogP contribution in [0.15, 0.2) is 41.3 Å². The summed E-state index contributed by atoms with van der Waals surface area (Å²) in [7, 11) is -4.14. The summed E-state index contributed by atoms with van der Waals surface area (Å²) < 4.78 is 52.5. The fraction of sp³-hybridized carbons (Fsp3) is 0.0714. The van der Waals surface area contributed by atoms with E-state index in [4.69, 9.17) is 11.6 Å². The quantitative estimate of drug-likeness (QED) is 0.877. The van der Waals surface area contributed by atoms with E-state index in [0.29, 0.717) is 17.8 Å². The molecular weight excluding hydrogens is 350 g/mol. The van der Waals surface area contributed by atoms with E-state index in [1.807, 2.05) is 0 Å². The summed E-state index contributed by atoms with van der Waals surface area (Å²) in [4.78, 5) is 10.5. The molecule has 0 saturated heterocycles. The van der Waals surface area contributed by atoms with E-state index >= 15 is 0 Å². The Morgan fingerprint density at radius 2 is 1.78 bits per heavy atom. The molecule has 0 atom stereocenters. The molecule has 0 aromatic heterocycles. The third-order valence-corrected chi connectivity index (χ3v) is 4.41. The lowest BCUT2D eigenvalue weighted by Crippen LogP contribution is -2.14. The first-order valence-corrected chi connectivity index (χ1v) is 8.10. The number of hydrogen-bond donors (Lipinski definition) is 2. The lowest BCUT2D eigenvalue weighted by atomic mass is 10.3. The maximum absolute atomic E-state index is 13.2. The van der Waals surface area contributed by atoms with Crippen LogP contribution in [0.1, 0.15) is 6.92 Å². The van der Waals surface area contributed by atoms with Gasteiger partial charge in [-0.25, -0.2) is 17.2 Å². The molecule has 2 N–H and O–H groups in total. The smallest absolute Gasteiger partial charge is 0.262 e. The van der Waals surface area contributed by atoms with Gasteiger partial charge < -0.3 is 5.32 Å². The number of anilines is 2. The van der Waals surface area contributed by atoms with Crippen molar-refractivity contribution in [3.8, 4) is 0 Å². The molecule has 0 aliphatic rings. The number of hydrogen-bond acceptors (Lipinski definition) is 3. The molecular formula is C14H11ClF2N2O3S. The molecule has 23 heavy (non-hydrogen) atoms. The normalized spacial score (nSPS) is 11.1. The van der Waals surface area contributed by atoms with E-state index in [0.717, 1.165) is 6.07 Å². The van der Waals surface area contributed by atoms with Gasteiger partial charge in [-0.15, -0.1) is 0 Å². The first kappa shape index (κ1) is 17.2. The largest absolute Gasteiger partial charge is 0.326 e. The monoisotopic (exact) mass is 360 g/mol. The van der Waals surface area contributed by atoms with Crippen LogP contribution in [0.3, 0.4) is 0 Å². The SMILES string of the molecule is CC(=O)Nc1ccc(NS(=O)(=O)c2ccc(F)c(F)c2)c(Cl)c1. The van der Waals surface area contributed by atoms with Crippen molar-refractivity contribution < 1.29 is 22.0 Å². The highest BCUT2D eigenvalue weighted by atomic mass is 35.5. The molecule has 2 aromatic carbocycles. The predicted octanol–water partition coefficient (Wildman–Crippen LogP) is 3.38. The highest BCUT2D eigenvalue weighted by Gasteiger charge is 2.18. The zero-order chi connectivity index (χ0) is 17.2. The van der Waals surface area contributed by atoms with Crippen molar-refractivity contribution in [1.82, 2.24) is 0 Å². The van der Waals surface area contributed by atoms with Gasteiger partial charge in [0.25, 0.3) is 10.0 Å². The molecule has 0 fully saturated rings. The molecule has 2 aromatic rings. The molecule has 0 spiro atoms. The van der Waals surface area contributed by atoms with E-state index in [-0.39, 0.29) is 16.6 Å². The van der Waals surface area contributed by atoms with Crippen LogP contribution in [0, 0.1) is 11.6 Å². The van der Waals surface area contributed by atoms with Crippen molar-refractivity contribution in [3.05, 3.63) is 53.1 Å². The second kappa shape index (κ2) is 6.51. The van der Waals surface area contributed by atoms with Crippen LogP contribution in [-0.2, 0) is 14.8 Å². The Balaban J connectivity index is 2.30. The standard InChI is InChI=1S/C14H11ClF2N2O3S/c1-8(20)18-9-2-5-14(11(15)6-9)19-23(21,22)10-3-4-12(16)13(17)7-10/h2-7,19H,1H3,(H,18,20). The number of rotatable bonds is 4. The Morgan fingerprint density at radius 1 is 1.09 bits per heavy atom. The Morgan fingerprint density at radius 3 is 2.35 bits per heavy atom. The number of carbonyl (C=O) groups is 1. The number of carbonyl (C=O) groups excluding carboxylic acids is 1. The molecule has 0 aliphatic heterocycles. The molecule has 0 heterocycles. The first-order chi connectivity index (χ1) is 10.7. The number of benzene rings is 2. The third-order valence-electron chi connectivity index (χ3n) is 2.74. The Bertz CT molecular complexity index is 872. The van der Waals surface area contributed by atoms with Gasteiger partial charge in [-0.1, -0.05) is 11.6 Å². The van der Waals surface area contributed by atoms with Crippen LogP contribution in [0.5, 0.6) is 0 Å². The average Bonchev–Trinajstić information content (AvgIpc) is 2.44. The second-order valence-electron chi connectivity index (χ2n) is 4.56. The van der Waals surface area contributed by atoms with Crippen LogP contribution in [-0.4, -0.2) is 14.3 Å². The molecule has 9 heteroatoms. The minimum atomic E-state index is -4.14. The third kappa shape index (κ3) is 4.17. The van der Waals surface area contributed by atoms with E-state index in [2.05, 4.69) is 10.0 Å². The van der Waals surface area contributed by atoms with E-state index in [9.17, 15) is 22.0 Å². The number of sulfonamides is 1. The molecule has 122 valence electrons. The fourth-order valence-electron chi connectivity index (χ4n) is 1.73. The minimum Gasteiger partial charge on any atom is -0.326 e. The van der Waals surface area contributed by atoms with E-state index in [1.54, 1.807) is 0 Å². The van der Waals surface area contributed by atoms with Crippen LogP contribution >= 0.6 is 11.6 Å². The zero-order valence-electron chi connectivity index (χ0n) is 11.7. The zero-order valence-corrected chi connectivity index (χ0v) is 13.3. The summed E-state index contributed by atoms with van der Waals surface area (Å²) in [5.41, 5.74) is 0.420. The van der Waals surface area contributed by atoms with Crippen molar-refractivity contribution in [3.63, 3.8) is 0 Å². The van der Waals surface area contributed by atoms with Crippen molar-refractivity contribution in [2.45, 2.75) is 11.8 Å². The first-order valence-electron chi connectivity index (χ1n) is 6.24. The van der Waals surface area contributed by atoms with Crippen molar-refractivity contribution in [2.24, 2.45) is 0 Å². The lowest BCUT2D eigenvalue weighted by Gasteiger charge is -2.11. The summed E-state index contributed by atoms with van der Waals surface area (Å²) in [5.74, 6) is -2.74. The molecule has 0 aliphatic carbocycles. The highest BCUT2D eigenvalue weighted by molar-refractivity contribution is 7.92. The van der Waals surface area contributed by atoms with Gasteiger partial charge in [-0.05, 0) is 36.4 Å². The maximum atomic E-state index is 13.2. The summed E-state index contributed by atoms with van der Waals surface area (Å²) in [6.07, 6.45) is 0. The van der Waals surface area contributed by atoms with Gasteiger partial charge in [0.05, 0.1) is 15.6 Å². The van der Waals surface area contributed by atoms with Gasteiger partial charge in [0.2, 0.25) is 5.91 Å². The van der Waals surface area contributed by atoms with Gasteiger partial charge >= 0.3 is 0 Å². The van der Waals surface area contributed by atoms with Gasteiger partial charge in [0.1, 0.15) is 0 Å². The summed E-state index contributed by atoms with van der Waals surface area (Å²) in [5, 5.41) is 2.52. The fourth-order valence-corrected chi connectivity index (χ4v) is 3.10. The minimum absolute atomic E-state index is 0.0300. The molecule has 5 nitrogen and oxygen atoms in total.